The zero-order valence-corrected chi connectivity index (χ0v) is 19.8. The lowest BCUT2D eigenvalue weighted by molar-refractivity contribution is -0.117. The van der Waals surface area contributed by atoms with Crippen molar-refractivity contribution >= 4 is 58.2 Å². The van der Waals surface area contributed by atoms with Crippen LogP contribution in [0.3, 0.4) is 0 Å². The molecule has 0 aromatic heterocycles. The summed E-state index contributed by atoms with van der Waals surface area (Å²) in [5, 5.41) is 13.2. The summed E-state index contributed by atoms with van der Waals surface area (Å²) in [6, 6.07) is 20.8. The molecule has 3 aromatic rings. The van der Waals surface area contributed by atoms with Gasteiger partial charge in [-0.25, -0.2) is 4.39 Å². The molecular weight excluding hydrogens is 496 g/mol. The molecule has 0 saturated carbocycles. The van der Waals surface area contributed by atoms with Crippen LogP contribution >= 0.6 is 35.0 Å². The fourth-order valence-corrected chi connectivity index (χ4v) is 4.93. The second kappa shape index (κ2) is 10.3. The molecule has 4 rings (SSSR count). The molecule has 0 aliphatic carbocycles. The topological polar surface area (TPSA) is 73.2 Å². The molecular formula is C25H16Cl2FN3O2S. The third-order valence-electron chi connectivity index (χ3n) is 5.03. The molecule has 0 unspecified atom stereocenters. The zero-order chi connectivity index (χ0) is 24.2. The van der Waals surface area contributed by atoms with Gasteiger partial charge in [-0.05, 0) is 72.6 Å². The Bertz CT molecular complexity index is 1300. The number of thioether (sulfide) groups is 1. The van der Waals surface area contributed by atoms with Gasteiger partial charge in [0.15, 0.2) is 0 Å². The number of rotatable bonds is 5. The maximum absolute atomic E-state index is 13.4. The number of hydrogen-bond donors (Lipinski definition) is 1. The summed E-state index contributed by atoms with van der Waals surface area (Å²) >= 11 is 13.1. The lowest BCUT2D eigenvalue weighted by atomic mass is 10.1. The Hall–Kier alpha value is -3.31. The van der Waals surface area contributed by atoms with Crippen LogP contribution < -0.4 is 10.2 Å². The highest BCUT2D eigenvalue weighted by atomic mass is 35.5. The minimum Gasteiger partial charge on any atom is -0.321 e. The fraction of sp³-hybridized carbons (Fsp3) is 0.0800. The van der Waals surface area contributed by atoms with E-state index in [9.17, 15) is 19.2 Å². The number of amides is 2. The van der Waals surface area contributed by atoms with Crippen molar-refractivity contribution < 1.29 is 14.0 Å². The molecule has 34 heavy (non-hydrogen) atoms. The first kappa shape index (κ1) is 23.8. The molecule has 3 aromatic carbocycles. The van der Waals surface area contributed by atoms with Gasteiger partial charge in [-0.2, -0.15) is 5.26 Å². The van der Waals surface area contributed by atoms with E-state index in [1.54, 1.807) is 36.4 Å². The predicted molar refractivity (Wildman–Crippen MR) is 133 cm³/mol. The Balaban J connectivity index is 1.71. The molecule has 170 valence electrons. The van der Waals surface area contributed by atoms with E-state index in [1.165, 1.54) is 29.2 Å². The number of halogens is 3. The van der Waals surface area contributed by atoms with E-state index in [0.29, 0.717) is 27.8 Å². The van der Waals surface area contributed by atoms with Crippen molar-refractivity contribution in [2.75, 3.05) is 10.2 Å². The maximum Gasteiger partial charge on any atom is 0.269 e. The monoisotopic (exact) mass is 511 g/mol. The second-order valence-electron chi connectivity index (χ2n) is 7.34. The Morgan fingerprint density at radius 1 is 1.00 bits per heavy atom. The first-order chi connectivity index (χ1) is 16.4. The number of hydrogen-bond acceptors (Lipinski definition) is 4. The number of benzene rings is 3. The summed E-state index contributed by atoms with van der Waals surface area (Å²) in [5.41, 5.74) is 1.47. The molecule has 5 nitrogen and oxygen atoms in total. The van der Waals surface area contributed by atoms with Crippen molar-refractivity contribution in [1.29, 1.82) is 5.26 Å². The molecule has 1 saturated heterocycles. The summed E-state index contributed by atoms with van der Waals surface area (Å²) in [7, 11) is 0. The average molecular weight is 512 g/mol. The first-order valence-electron chi connectivity index (χ1n) is 10.1. The smallest absolute Gasteiger partial charge is 0.269 e. The molecule has 1 aliphatic heterocycles. The van der Waals surface area contributed by atoms with E-state index in [1.807, 2.05) is 18.2 Å². The molecule has 0 bridgehead atoms. The highest BCUT2D eigenvalue weighted by molar-refractivity contribution is 8.05. The van der Waals surface area contributed by atoms with Crippen LogP contribution in [0, 0.1) is 17.1 Å². The van der Waals surface area contributed by atoms with E-state index in [0.717, 1.165) is 17.3 Å². The van der Waals surface area contributed by atoms with Gasteiger partial charge in [0.1, 0.15) is 22.5 Å². The molecule has 1 N–H and O–H groups in total. The largest absolute Gasteiger partial charge is 0.321 e. The van der Waals surface area contributed by atoms with Gasteiger partial charge in [-0.3, -0.25) is 14.5 Å². The first-order valence-corrected chi connectivity index (χ1v) is 11.7. The Labute approximate surface area is 209 Å². The summed E-state index contributed by atoms with van der Waals surface area (Å²) < 4.78 is 13.2. The van der Waals surface area contributed by atoms with E-state index >= 15 is 0 Å². The number of nitrogens with zero attached hydrogens (tertiary/aromatic N) is 2. The minimum absolute atomic E-state index is 0.216. The minimum atomic E-state index is -0.699. The molecule has 1 fully saturated rings. The number of nitrogens with one attached hydrogen (secondary N) is 1. The highest BCUT2D eigenvalue weighted by Crippen LogP contribution is 2.42. The summed E-state index contributed by atoms with van der Waals surface area (Å²) in [5.74, 6) is -1.41. The van der Waals surface area contributed by atoms with Crippen LogP contribution in [0.15, 0.2) is 83.4 Å². The van der Waals surface area contributed by atoms with Gasteiger partial charge in [-0.1, -0.05) is 47.1 Å². The van der Waals surface area contributed by atoms with E-state index < -0.39 is 17.0 Å². The molecule has 0 spiro atoms. The van der Waals surface area contributed by atoms with Gasteiger partial charge < -0.3 is 5.32 Å². The Kier molecular flexibility index (Phi) is 7.23. The second-order valence-corrected chi connectivity index (χ2v) is 9.40. The van der Waals surface area contributed by atoms with Crippen molar-refractivity contribution in [2.24, 2.45) is 0 Å². The van der Waals surface area contributed by atoms with E-state index in [2.05, 4.69) is 5.32 Å². The Morgan fingerprint density at radius 2 is 1.59 bits per heavy atom. The Morgan fingerprint density at radius 3 is 2.18 bits per heavy atom. The average Bonchev–Trinajstić information content (AvgIpc) is 3.13. The van der Waals surface area contributed by atoms with Crippen molar-refractivity contribution in [1.82, 2.24) is 0 Å². The lowest BCUT2D eigenvalue weighted by Crippen LogP contribution is -2.30. The third-order valence-corrected chi connectivity index (χ3v) is 6.79. The van der Waals surface area contributed by atoms with Crippen molar-refractivity contribution in [3.8, 4) is 6.07 Å². The van der Waals surface area contributed by atoms with Crippen molar-refractivity contribution in [3.63, 3.8) is 0 Å². The van der Waals surface area contributed by atoms with Crippen LogP contribution in [0.5, 0.6) is 0 Å². The van der Waals surface area contributed by atoms with Crippen LogP contribution in [0.1, 0.15) is 5.56 Å². The normalized spacial score (nSPS) is 16.8. The van der Waals surface area contributed by atoms with Gasteiger partial charge >= 0.3 is 0 Å². The zero-order valence-electron chi connectivity index (χ0n) is 17.5. The molecule has 1 heterocycles. The fourth-order valence-electron chi connectivity index (χ4n) is 3.37. The quantitative estimate of drug-likeness (QED) is 0.327. The van der Waals surface area contributed by atoms with Crippen LogP contribution in [-0.2, 0) is 16.0 Å². The van der Waals surface area contributed by atoms with Crippen LogP contribution in [-0.4, -0.2) is 17.1 Å². The van der Waals surface area contributed by atoms with Crippen molar-refractivity contribution in [2.45, 2.75) is 11.7 Å². The predicted octanol–water partition coefficient (Wildman–Crippen LogP) is 6.20. The van der Waals surface area contributed by atoms with Crippen LogP contribution in [0.2, 0.25) is 10.0 Å². The van der Waals surface area contributed by atoms with Gasteiger partial charge in [0.25, 0.3) is 5.91 Å². The number of anilines is 2. The third kappa shape index (κ3) is 5.26. The lowest BCUT2D eigenvalue weighted by Gasteiger charge is -2.19. The molecule has 1 aliphatic rings. The SMILES string of the molecule is N#C/C(C(=O)Nc1ccc(F)cc1)=C1\S[C@H](Cc2ccc(Cl)cc2)C(=O)N1c1ccc(Cl)cc1. The number of carbonyl (C=O) groups is 2. The molecule has 2 amide bonds. The maximum atomic E-state index is 13.4. The van der Waals surface area contributed by atoms with E-state index in [4.69, 9.17) is 23.2 Å². The summed E-state index contributed by atoms with van der Waals surface area (Å²) in [6.07, 6.45) is 0.381. The van der Waals surface area contributed by atoms with Crippen LogP contribution in [0.4, 0.5) is 15.8 Å². The summed E-state index contributed by atoms with van der Waals surface area (Å²) in [6.45, 7) is 0. The van der Waals surface area contributed by atoms with Gasteiger partial charge in [0.2, 0.25) is 5.91 Å². The van der Waals surface area contributed by atoms with E-state index in [-0.39, 0.29) is 16.5 Å². The number of nitriles is 1. The van der Waals surface area contributed by atoms with Gasteiger partial charge in [0.05, 0.1) is 5.25 Å². The highest BCUT2D eigenvalue weighted by Gasteiger charge is 2.40. The standard InChI is InChI=1S/C25H16Cl2FN3O2S/c26-16-3-1-15(2-4-16)13-22-24(33)31(20-11-5-17(27)6-12-20)25(34-22)21(14-29)23(32)30-19-9-7-18(28)8-10-19/h1-12,22H,13H2,(H,30,32)/b25-21+/t22-/m1/s1. The van der Waals surface area contributed by atoms with Crippen LogP contribution in [0.25, 0.3) is 0 Å². The molecule has 9 heteroatoms. The number of carbonyl (C=O) groups excluding carboxylic acids is 2. The summed E-state index contributed by atoms with van der Waals surface area (Å²) in [4.78, 5) is 27.8. The van der Waals surface area contributed by atoms with Crippen molar-refractivity contribution in [3.05, 3.63) is 105 Å². The van der Waals surface area contributed by atoms with Gasteiger partial charge in [0, 0.05) is 21.4 Å². The molecule has 0 radical (unpaired) electrons. The van der Waals surface area contributed by atoms with Gasteiger partial charge in [-0.15, -0.1) is 0 Å². The molecule has 1 atom stereocenters.